The van der Waals surface area contributed by atoms with Crippen LogP contribution in [0.4, 0.5) is 4.79 Å². The molecule has 2 aromatic rings. The number of piperazine rings is 1. The summed E-state index contributed by atoms with van der Waals surface area (Å²) >= 11 is 5.91. The SMILES string of the molecule is CN(C)S(=O)(=O)c1cnn(C(=O)N2CCN(Cc3ccc(Cl)cc3)CC2)c1. The summed E-state index contributed by atoms with van der Waals surface area (Å²) < 4.78 is 26.4. The van der Waals surface area contributed by atoms with E-state index in [4.69, 9.17) is 11.6 Å². The van der Waals surface area contributed by atoms with Crippen LogP contribution in [0.15, 0.2) is 41.6 Å². The molecular formula is C17H22ClN5O3S. The Morgan fingerprint density at radius 2 is 1.78 bits per heavy atom. The van der Waals surface area contributed by atoms with Crippen molar-refractivity contribution in [3.63, 3.8) is 0 Å². The van der Waals surface area contributed by atoms with Gasteiger partial charge in [0.05, 0.1) is 12.4 Å². The Bertz CT molecular complexity index is 903. The number of nitrogens with zero attached hydrogens (tertiary/aromatic N) is 5. The summed E-state index contributed by atoms with van der Waals surface area (Å²) in [6.07, 6.45) is 2.46. The smallest absolute Gasteiger partial charge is 0.320 e. The minimum Gasteiger partial charge on any atom is -0.320 e. The molecule has 1 saturated heterocycles. The van der Waals surface area contributed by atoms with E-state index < -0.39 is 10.0 Å². The van der Waals surface area contributed by atoms with Crippen molar-refractivity contribution < 1.29 is 13.2 Å². The van der Waals surface area contributed by atoms with Crippen LogP contribution in [-0.4, -0.2) is 78.6 Å². The van der Waals surface area contributed by atoms with E-state index in [2.05, 4.69) is 10.00 Å². The number of aromatic nitrogens is 2. The van der Waals surface area contributed by atoms with Gasteiger partial charge in [0.2, 0.25) is 10.0 Å². The van der Waals surface area contributed by atoms with Crippen molar-refractivity contribution in [1.29, 1.82) is 0 Å². The van der Waals surface area contributed by atoms with Crippen molar-refractivity contribution >= 4 is 27.7 Å². The van der Waals surface area contributed by atoms with E-state index >= 15 is 0 Å². The molecule has 0 spiro atoms. The minimum atomic E-state index is -3.61. The molecule has 0 atom stereocenters. The van der Waals surface area contributed by atoms with Crippen molar-refractivity contribution in [3.8, 4) is 0 Å². The normalized spacial score (nSPS) is 16.1. The molecule has 0 bridgehead atoms. The van der Waals surface area contributed by atoms with Crippen molar-refractivity contribution in [1.82, 2.24) is 23.9 Å². The molecule has 8 nitrogen and oxygen atoms in total. The van der Waals surface area contributed by atoms with Crippen LogP contribution in [-0.2, 0) is 16.6 Å². The van der Waals surface area contributed by atoms with E-state index in [1.54, 1.807) is 4.90 Å². The van der Waals surface area contributed by atoms with Crippen molar-refractivity contribution in [2.24, 2.45) is 0 Å². The largest absolute Gasteiger partial charge is 0.344 e. The van der Waals surface area contributed by atoms with Gasteiger partial charge in [-0.05, 0) is 17.7 Å². The first-order valence-electron chi connectivity index (χ1n) is 8.50. The molecule has 1 amide bonds. The lowest BCUT2D eigenvalue weighted by Crippen LogP contribution is -2.49. The second-order valence-corrected chi connectivity index (χ2v) is 9.17. The van der Waals surface area contributed by atoms with E-state index in [0.717, 1.165) is 28.6 Å². The molecule has 1 aliphatic heterocycles. The molecule has 0 radical (unpaired) electrons. The third-order valence-electron chi connectivity index (χ3n) is 4.50. The third-order valence-corrected chi connectivity index (χ3v) is 6.52. The summed E-state index contributed by atoms with van der Waals surface area (Å²) in [5.74, 6) is 0. The van der Waals surface area contributed by atoms with Gasteiger partial charge in [-0.2, -0.15) is 9.78 Å². The number of halogens is 1. The number of carbonyl (C=O) groups excluding carboxylic acids is 1. The highest BCUT2D eigenvalue weighted by Crippen LogP contribution is 2.15. The summed E-state index contributed by atoms with van der Waals surface area (Å²) in [7, 11) is -0.727. The van der Waals surface area contributed by atoms with Crippen LogP contribution in [0, 0.1) is 0 Å². The second-order valence-electron chi connectivity index (χ2n) is 6.58. The fourth-order valence-corrected chi connectivity index (χ4v) is 3.81. The Balaban J connectivity index is 1.59. The number of benzene rings is 1. The number of rotatable bonds is 4. The zero-order valence-electron chi connectivity index (χ0n) is 15.2. The van der Waals surface area contributed by atoms with Crippen LogP contribution in [0.3, 0.4) is 0 Å². The minimum absolute atomic E-state index is 0.00206. The second kappa shape index (κ2) is 7.97. The highest BCUT2D eigenvalue weighted by atomic mass is 35.5. The van der Waals surface area contributed by atoms with E-state index in [0.29, 0.717) is 18.1 Å². The Labute approximate surface area is 164 Å². The fraction of sp³-hybridized carbons (Fsp3) is 0.412. The summed E-state index contributed by atoms with van der Waals surface area (Å²) in [5.41, 5.74) is 1.17. The van der Waals surface area contributed by atoms with E-state index in [1.807, 2.05) is 24.3 Å². The van der Waals surface area contributed by atoms with Gasteiger partial charge in [-0.3, -0.25) is 4.90 Å². The maximum atomic E-state index is 12.6. The van der Waals surface area contributed by atoms with Crippen molar-refractivity contribution in [2.45, 2.75) is 11.4 Å². The maximum Gasteiger partial charge on any atom is 0.344 e. The summed E-state index contributed by atoms with van der Waals surface area (Å²) in [5, 5.41) is 4.64. The molecular weight excluding hydrogens is 390 g/mol. The average Bonchev–Trinajstić information content (AvgIpc) is 3.14. The number of hydrogen-bond donors (Lipinski definition) is 0. The predicted octanol–water partition coefficient (Wildman–Crippen LogP) is 1.57. The molecule has 0 N–H and O–H groups in total. The molecule has 0 unspecified atom stereocenters. The van der Waals surface area contributed by atoms with Crippen molar-refractivity contribution in [2.75, 3.05) is 40.3 Å². The topological polar surface area (TPSA) is 78.8 Å². The number of sulfonamides is 1. The van der Waals surface area contributed by atoms with Crippen LogP contribution >= 0.6 is 11.6 Å². The molecule has 27 heavy (non-hydrogen) atoms. The maximum absolute atomic E-state index is 12.6. The molecule has 3 rings (SSSR count). The number of amides is 1. The zero-order chi connectivity index (χ0) is 19.6. The molecule has 146 valence electrons. The quantitative estimate of drug-likeness (QED) is 0.763. The molecule has 0 saturated carbocycles. The monoisotopic (exact) mass is 411 g/mol. The zero-order valence-corrected chi connectivity index (χ0v) is 16.8. The van der Waals surface area contributed by atoms with Crippen LogP contribution < -0.4 is 0 Å². The lowest BCUT2D eigenvalue weighted by atomic mass is 10.2. The Morgan fingerprint density at radius 1 is 1.15 bits per heavy atom. The van der Waals surface area contributed by atoms with Crippen LogP contribution in [0.2, 0.25) is 5.02 Å². The van der Waals surface area contributed by atoms with Gasteiger partial charge in [0.1, 0.15) is 4.90 Å². The summed E-state index contributed by atoms with van der Waals surface area (Å²) in [6, 6.07) is 7.41. The van der Waals surface area contributed by atoms with E-state index in [-0.39, 0.29) is 10.9 Å². The van der Waals surface area contributed by atoms with Gasteiger partial charge >= 0.3 is 6.03 Å². The van der Waals surface area contributed by atoms with E-state index in [1.165, 1.54) is 32.1 Å². The van der Waals surface area contributed by atoms with Crippen molar-refractivity contribution in [3.05, 3.63) is 47.2 Å². The molecule has 2 heterocycles. The standard InChI is InChI=1S/C17H22ClN5O3S/c1-20(2)27(25,26)16-11-19-23(13-16)17(24)22-9-7-21(8-10-22)12-14-3-5-15(18)6-4-14/h3-6,11,13H,7-10,12H2,1-2H3. The van der Waals surface area contributed by atoms with Crippen LogP contribution in [0.1, 0.15) is 5.56 Å². The van der Waals surface area contributed by atoms with Gasteiger partial charge in [0.25, 0.3) is 0 Å². The summed E-state index contributed by atoms with van der Waals surface area (Å²) in [6.45, 7) is 3.38. The average molecular weight is 412 g/mol. The predicted molar refractivity (Wildman–Crippen MR) is 102 cm³/mol. The number of carbonyl (C=O) groups is 1. The van der Waals surface area contributed by atoms with Gasteiger partial charge in [0.15, 0.2) is 0 Å². The lowest BCUT2D eigenvalue weighted by Gasteiger charge is -2.34. The van der Waals surface area contributed by atoms with Gasteiger partial charge in [-0.1, -0.05) is 23.7 Å². The fourth-order valence-electron chi connectivity index (χ4n) is 2.85. The third kappa shape index (κ3) is 4.49. The lowest BCUT2D eigenvalue weighted by molar-refractivity contribution is 0.134. The van der Waals surface area contributed by atoms with Crippen LogP contribution in [0.5, 0.6) is 0 Å². The highest BCUT2D eigenvalue weighted by molar-refractivity contribution is 7.89. The Morgan fingerprint density at radius 3 is 2.37 bits per heavy atom. The first-order chi connectivity index (χ1) is 12.8. The van der Waals surface area contributed by atoms with E-state index in [9.17, 15) is 13.2 Å². The Kier molecular flexibility index (Phi) is 5.85. The van der Waals surface area contributed by atoms with Crippen LogP contribution in [0.25, 0.3) is 0 Å². The van der Waals surface area contributed by atoms with Gasteiger partial charge in [0, 0.05) is 51.8 Å². The first-order valence-corrected chi connectivity index (χ1v) is 10.3. The first kappa shape index (κ1) is 19.8. The Hall–Kier alpha value is -1.94. The van der Waals surface area contributed by atoms with Gasteiger partial charge in [-0.25, -0.2) is 17.5 Å². The highest BCUT2D eigenvalue weighted by Gasteiger charge is 2.25. The number of hydrogen-bond acceptors (Lipinski definition) is 5. The van der Waals surface area contributed by atoms with Gasteiger partial charge < -0.3 is 4.90 Å². The summed E-state index contributed by atoms with van der Waals surface area (Å²) in [4.78, 5) is 16.5. The molecule has 1 aromatic carbocycles. The molecule has 1 fully saturated rings. The van der Waals surface area contributed by atoms with Gasteiger partial charge in [-0.15, -0.1) is 0 Å². The molecule has 1 aromatic heterocycles. The molecule has 1 aliphatic rings. The molecule has 0 aliphatic carbocycles. The molecule has 10 heteroatoms.